The second-order valence-electron chi connectivity index (χ2n) is 3.53. The predicted molar refractivity (Wildman–Crippen MR) is 69.8 cm³/mol. The molecule has 1 heterocycles. The molecule has 5 nitrogen and oxygen atoms in total. The van der Waals surface area contributed by atoms with Crippen LogP contribution in [0, 0.1) is 5.82 Å². The number of benzene rings is 1. The first-order valence-corrected chi connectivity index (χ1v) is 7.32. The highest BCUT2D eigenvalue weighted by atomic mass is 79.9. The van der Waals surface area contributed by atoms with E-state index in [2.05, 4.69) is 20.9 Å². The summed E-state index contributed by atoms with van der Waals surface area (Å²) in [6.45, 7) is 0. The first-order valence-electron chi connectivity index (χ1n) is 4.98. The molecule has 0 aliphatic heterocycles. The molecule has 8 heteroatoms. The van der Waals surface area contributed by atoms with Crippen molar-refractivity contribution < 1.29 is 17.5 Å². The molecule has 19 heavy (non-hydrogen) atoms. The third kappa shape index (κ3) is 3.28. The van der Waals surface area contributed by atoms with Crippen molar-refractivity contribution in [1.29, 1.82) is 0 Å². The van der Waals surface area contributed by atoms with Gasteiger partial charge in [0.15, 0.2) is 0 Å². The molecule has 0 aliphatic rings. The summed E-state index contributed by atoms with van der Waals surface area (Å²) in [5, 5.41) is 5.05. The summed E-state index contributed by atoms with van der Waals surface area (Å²) in [5.41, 5.74) is 0. The van der Waals surface area contributed by atoms with Gasteiger partial charge >= 0.3 is 0 Å². The van der Waals surface area contributed by atoms with Gasteiger partial charge in [-0.2, -0.15) is 0 Å². The highest BCUT2D eigenvalue weighted by Crippen LogP contribution is 2.31. The number of aromatic nitrogens is 1. The van der Waals surface area contributed by atoms with Crippen LogP contribution < -0.4 is 9.88 Å². The van der Waals surface area contributed by atoms with Crippen LogP contribution >= 0.6 is 15.9 Å². The van der Waals surface area contributed by atoms with Crippen LogP contribution in [-0.4, -0.2) is 13.4 Å². The van der Waals surface area contributed by atoms with E-state index in [1.54, 1.807) is 0 Å². The Morgan fingerprint density at radius 1 is 1.32 bits per heavy atom. The van der Waals surface area contributed by atoms with E-state index in [4.69, 9.17) is 9.88 Å². The summed E-state index contributed by atoms with van der Waals surface area (Å²) < 4.78 is 41.6. The lowest BCUT2D eigenvalue weighted by Crippen LogP contribution is -2.13. The molecule has 0 radical (unpaired) electrons. The summed E-state index contributed by atoms with van der Waals surface area (Å²) in [6, 6.07) is 6.43. The van der Waals surface area contributed by atoms with Gasteiger partial charge in [-0.15, -0.1) is 0 Å². The molecule has 0 aliphatic carbocycles. The van der Waals surface area contributed by atoms with Crippen LogP contribution in [0.1, 0.15) is 0 Å². The van der Waals surface area contributed by atoms with Crippen LogP contribution in [0.25, 0.3) is 0 Å². The summed E-state index contributed by atoms with van der Waals surface area (Å²) in [7, 11) is -3.97. The lowest BCUT2D eigenvalue weighted by Gasteiger charge is -2.09. The van der Waals surface area contributed by atoms with Crippen LogP contribution in [0.15, 0.2) is 45.9 Å². The van der Waals surface area contributed by atoms with Crippen molar-refractivity contribution >= 4 is 26.0 Å². The summed E-state index contributed by atoms with van der Waals surface area (Å²) in [4.78, 5) is 3.51. The minimum absolute atomic E-state index is 0.101. The van der Waals surface area contributed by atoms with E-state index in [1.807, 2.05) is 0 Å². The van der Waals surface area contributed by atoms with Crippen LogP contribution in [0.4, 0.5) is 4.39 Å². The van der Waals surface area contributed by atoms with E-state index >= 15 is 0 Å². The zero-order valence-electron chi connectivity index (χ0n) is 9.38. The second kappa shape index (κ2) is 5.24. The Balaban J connectivity index is 2.47. The van der Waals surface area contributed by atoms with Gasteiger partial charge in [-0.05, 0) is 40.2 Å². The molecule has 2 rings (SSSR count). The van der Waals surface area contributed by atoms with Crippen LogP contribution in [-0.2, 0) is 10.0 Å². The molecular formula is C11H8BrFN2O3S. The Morgan fingerprint density at radius 3 is 2.74 bits per heavy atom. The molecule has 0 saturated carbocycles. The number of nitrogens with two attached hydrogens (primary N) is 1. The van der Waals surface area contributed by atoms with Crippen LogP contribution in [0.2, 0.25) is 0 Å². The number of hydrogen-bond donors (Lipinski definition) is 1. The Bertz CT molecular complexity index is 722. The van der Waals surface area contributed by atoms with Gasteiger partial charge in [0.25, 0.3) is 0 Å². The number of hydrogen-bond acceptors (Lipinski definition) is 4. The number of pyridine rings is 1. The topological polar surface area (TPSA) is 82.3 Å². The lowest BCUT2D eigenvalue weighted by atomic mass is 10.3. The number of primary sulfonamides is 1. The fraction of sp³-hybridized carbons (Fsp3) is 0. The van der Waals surface area contributed by atoms with E-state index in [0.717, 1.165) is 6.07 Å². The summed E-state index contributed by atoms with van der Waals surface area (Å²) in [6.07, 6.45) is 1.34. The number of halogens is 2. The smallest absolute Gasteiger partial charge is 0.243 e. The highest BCUT2D eigenvalue weighted by Gasteiger charge is 2.17. The molecule has 1 aromatic heterocycles. The Labute approximate surface area is 117 Å². The molecule has 2 aromatic rings. The van der Waals surface area contributed by atoms with E-state index in [9.17, 15) is 12.8 Å². The molecule has 0 amide bonds. The van der Waals surface area contributed by atoms with Crippen molar-refractivity contribution in [1.82, 2.24) is 4.98 Å². The fourth-order valence-corrected chi connectivity index (χ4v) is 2.26. The fourth-order valence-electron chi connectivity index (χ4n) is 1.33. The molecule has 2 N–H and O–H groups in total. The standard InChI is InChI=1S/C11H8BrFN2O3S/c12-8-4-3-7(13)6-9(8)18-11-10(19(14,16)17)2-1-5-15-11/h1-6H,(H2,14,16,17). The number of rotatable bonds is 3. The maximum absolute atomic E-state index is 13.1. The van der Waals surface area contributed by atoms with Gasteiger partial charge < -0.3 is 4.74 Å². The van der Waals surface area contributed by atoms with Gasteiger partial charge in [0.2, 0.25) is 15.9 Å². The van der Waals surface area contributed by atoms with Crippen molar-refractivity contribution in [3.63, 3.8) is 0 Å². The Kier molecular flexibility index (Phi) is 3.83. The molecule has 1 aromatic carbocycles. The Hall–Kier alpha value is -1.51. The van der Waals surface area contributed by atoms with Gasteiger partial charge in [0, 0.05) is 12.3 Å². The zero-order valence-corrected chi connectivity index (χ0v) is 11.8. The molecule has 0 fully saturated rings. The van der Waals surface area contributed by atoms with Gasteiger partial charge in [-0.1, -0.05) is 0 Å². The SMILES string of the molecule is NS(=O)(=O)c1cccnc1Oc1cc(F)ccc1Br. The second-order valence-corrected chi connectivity index (χ2v) is 5.91. The molecule has 0 saturated heterocycles. The first-order chi connectivity index (χ1) is 8.88. The average Bonchev–Trinajstić information content (AvgIpc) is 2.33. The maximum atomic E-state index is 13.1. The van der Waals surface area contributed by atoms with E-state index in [1.165, 1.54) is 30.5 Å². The maximum Gasteiger partial charge on any atom is 0.243 e. The lowest BCUT2D eigenvalue weighted by molar-refractivity contribution is 0.440. The van der Waals surface area contributed by atoms with Gasteiger partial charge in [0.1, 0.15) is 16.5 Å². The molecule has 100 valence electrons. The number of nitrogens with zero attached hydrogens (tertiary/aromatic N) is 1. The third-order valence-corrected chi connectivity index (χ3v) is 3.72. The molecule has 0 unspecified atom stereocenters. The minimum atomic E-state index is -3.97. The Morgan fingerprint density at radius 2 is 2.05 bits per heavy atom. The van der Waals surface area contributed by atoms with Gasteiger partial charge in [0.05, 0.1) is 4.47 Å². The summed E-state index contributed by atoms with van der Waals surface area (Å²) in [5.74, 6) is -0.633. The molecule has 0 spiro atoms. The van der Waals surface area contributed by atoms with Crippen molar-refractivity contribution in [2.75, 3.05) is 0 Å². The van der Waals surface area contributed by atoms with E-state index < -0.39 is 15.8 Å². The largest absolute Gasteiger partial charge is 0.436 e. The quantitative estimate of drug-likeness (QED) is 0.925. The van der Waals surface area contributed by atoms with Crippen molar-refractivity contribution in [3.8, 4) is 11.6 Å². The first kappa shape index (κ1) is 13.9. The zero-order chi connectivity index (χ0) is 14.0. The van der Waals surface area contributed by atoms with E-state index in [0.29, 0.717) is 4.47 Å². The van der Waals surface area contributed by atoms with Crippen LogP contribution in [0.3, 0.4) is 0 Å². The molecule has 0 atom stereocenters. The van der Waals surface area contributed by atoms with Gasteiger partial charge in [-0.3, -0.25) is 0 Å². The number of ether oxygens (including phenoxy) is 1. The van der Waals surface area contributed by atoms with Crippen LogP contribution in [0.5, 0.6) is 11.6 Å². The highest BCUT2D eigenvalue weighted by molar-refractivity contribution is 9.10. The van der Waals surface area contributed by atoms with Crippen molar-refractivity contribution in [3.05, 3.63) is 46.8 Å². The molecule has 0 bridgehead atoms. The van der Waals surface area contributed by atoms with Gasteiger partial charge in [-0.25, -0.2) is 22.9 Å². The molecular weight excluding hydrogens is 339 g/mol. The van der Waals surface area contributed by atoms with E-state index in [-0.39, 0.29) is 16.5 Å². The van der Waals surface area contributed by atoms with Crippen molar-refractivity contribution in [2.24, 2.45) is 5.14 Å². The normalized spacial score (nSPS) is 11.3. The minimum Gasteiger partial charge on any atom is -0.436 e. The predicted octanol–water partition coefficient (Wildman–Crippen LogP) is 2.42. The number of sulfonamides is 1. The monoisotopic (exact) mass is 346 g/mol. The third-order valence-electron chi connectivity index (χ3n) is 2.14. The summed E-state index contributed by atoms with van der Waals surface area (Å²) >= 11 is 3.16. The average molecular weight is 347 g/mol. The van der Waals surface area contributed by atoms with Crippen molar-refractivity contribution in [2.45, 2.75) is 4.90 Å².